The molecule has 4 nitrogen and oxygen atoms in total. The molecule has 3 aromatic rings. The number of rotatable bonds is 9. The minimum atomic E-state index is 0.108. The van der Waals surface area contributed by atoms with Gasteiger partial charge in [-0.1, -0.05) is 42.8 Å². The summed E-state index contributed by atoms with van der Waals surface area (Å²) < 4.78 is 2.30. The lowest BCUT2D eigenvalue weighted by Gasteiger charge is -2.08. The van der Waals surface area contributed by atoms with Crippen LogP contribution in [0.1, 0.15) is 43.1 Å². The number of unbranched alkanes of at least 4 members (excludes halogenated alkanes) is 2. The quantitative estimate of drug-likeness (QED) is 0.572. The van der Waals surface area contributed by atoms with Crippen LogP contribution in [0.5, 0.6) is 0 Å². The van der Waals surface area contributed by atoms with E-state index in [9.17, 15) is 4.79 Å². The number of benzene rings is 2. The van der Waals surface area contributed by atoms with Gasteiger partial charge in [0.05, 0.1) is 17.5 Å². The number of aromatic nitrogens is 2. The molecule has 0 aliphatic heterocycles. The van der Waals surface area contributed by atoms with Gasteiger partial charge in [-0.05, 0) is 49.9 Å². The van der Waals surface area contributed by atoms with Crippen LogP contribution in [0.2, 0.25) is 0 Å². The van der Waals surface area contributed by atoms with Crippen molar-refractivity contribution in [3.63, 3.8) is 0 Å². The molecular weight excluding hydrogens is 334 g/mol. The lowest BCUT2D eigenvalue weighted by molar-refractivity contribution is -0.120. The molecule has 2 aromatic carbocycles. The van der Waals surface area contributed by atoms with Crippen LogP contribution in [0, 0.1) is 6.92 Å². The molecular formula is C23H29N3O. The summed E-state index contributed by atoms with van der Waals surface area (Å²) in [6.45, 7) is 5.91. The summed E-state index contributed by atoms with van der Waals surface area (Å²) in [6.07, 6.45) is 4.65. The van der Waals surface area contributed by atoms with Gasteiger partial charge in [-0.15, -0.1) is 0 Å². The number of aryl methyl sites for hydroxylation is 3. The van der Waals surface area contributed by atoms with Gasteiger partial charge in [-0.25, -0.2) is 4.98 Å². The Morgan fingerprint density at radius 1 is 1.04 bits per heavy atom. The van der Waals surface area contributed by atoms with E-state index in [2.05, 4.69) is 35.0 Å². The van der Waals surface area contributed by atoms with E-state index in [1.54, 1.807) is 0 Å². The van der Waals surface area contributed by atoms with Crippen molar-refractivity contribution < 1.29 is 4.79 Å². The first-order chi connectivity index (χ1) is 13.2. The zero-order valence-electron chi connectivity index (χ0n) is 16.4. The fraction of sp³-hybridized carbons (Fsp3) is 0.391. The molecule has 0 atom stereocenters. The van der Waals surface area contributed by atoms with Gasteiger partial charge in [0.1, 0.15) is 5.82 Å². The number of hydrogen-bond acceptors (Lipinski definition) is 2. The monoisotopic (exact) mass is 363 g/mol. The standard InChI is InChI=1S/C23H29N3O/c1-3-26-21-14-9-8-13-20(21)25-22(26)15-5-4-10-16-24-23(27)17-19-12-7-6-11-18(19)2/h6-9,11-14H,3-5,10,15-17H2,1-2H3,(H,24,27). The molecule has 4 heteroatoms. The third kappa shape index (κ3) is 4.97. The zero-order valence-corrected chi connectivity index (χ0v) is 16.4. The highest BCUT2D eigenvalue weighted by Crippen LogP contribution is 2.17. The molecule has 1 heterocycles. The van der Waals surface area contributed by atoms with Crippen LogP contribution in [0.3, 0.4) is 0 Å². The van der Waals surface area contributed by atoms with E-state index in [1.807, 2.05) is 37.3 Å². The molecule has 0 unspecified atom stereocenters. The summed E-state index contributed by atoms with van der Waals surface area (Å²) in [5.41, 5.74) is 4.58. The molecule has 3 rings (SSSR count). The molecule has 1 aromatic heterocycles. The van der Waals surface area contributed by atoms with Gasteiger partial charge < -0.3 is 9.88 Å². The number of imidazole rings is 1. The first-order valence-electron chi connectivity index (χ1n) is 9.94. The molecule has 1 amide bonds. The van der Waals surface area contributed by atoms with Crippen LogP contribution in [0.25, 0.3) is 11.0 Å². The van der Waals surface area contributed by atoms with Crippen molar-refractivity contribution in [2.45, 2.75) is 52.5 Å². The predicted octanol–water partition coefficient (Wildman–Crippen LogP) is 4.44. The van der Waals surface area contributed by atoms with Crippen molar-refractivity contribution >= 4 is 16.9 Å². The summed E-state index contributed by atoms with van der Waals surface area (Å²) in [7, 11) is 0. The van der Waals surface area contributed by atoms with Crippen LogP contribution in [-0.4, -0.2) is 22.0 Å². The second-order valence-corrected chi connectivity index (χ2v) is 7.02. The Morgan fingerprint density at radius 3 is 2.63 bits per heavy atom. The van der Waals surface area contributed by atoms with E-state index in [-0.39, 0.29) is 5.91 Å². The maximum Gasteiger partial charge on any atom is 0.224 e. The summed E-state index contributed by atoms with van der Waals surface area (Å²) in [5.74, 6) is 1.28. The van der Waals surface area contributed by atoms with E-state index in [4.69, 9.17) is 4.98 Å². The van der Waals surface area contributed by atoms with Gasteiger partial charge in [-0.2, -0.15) is 0 Å². The van der Waals surface area contributed by atoms with Crippen LogP contribution < -0.4 is 5.32 Å². The van der Waals surface area contributed by atoms with Crippen molar-refractivity contribution in [1.29, 1.82) is 0 Å². The molecule has 0 fully saturated rings. The summed E-state index contributed by atoms with van der Waals surface area (Å²) in [4.78, 5) is 16.9. The van der Waals surface area contributed by atoms with Crippen molar-refractivity contribution in [2.24, 2.45) is 0 Å². The Bertz CT molecular complexity index is 898. The fourth-order valence-electron chi connectivity index (χ4n) is 3.53. The summed E-state index contributed by atoms with van der Waals surface area (Å²) >= 11 is 0. The van der Waals surface area contributed by atoms with Crippen LogP contribution in [-0.2, 0) is 24.2 Å². The first-order valence-corrected chi connectivity index (χ1v) is 9.94. The average molecular weight is 364 g/mol. The van der Waals surface area contributed by atoms with E-state index >= 15 is 0 Å². The van der Waals surface area contributed by atoms with Crippen molar-refractivity contribution in [3.05, 3.63) is 65.5 Å². The van der Waals surface area contributed by atoms with Gasteiger partial charge in [0.25, 0.3) is 0 Å². The molecule has 142 valence electrons. The highest BCUT2D eigenvalue weighted by Gasteiger charge is 2.08. The van der Waals surface area contributed by atoms with Crippen molar-refractivity contribution in [2.75, 3.05) is 6.54 Å². The molecule has 27 heavy (non-hydrogen) atoms. The number of carbonyl (C=O) groups is 1. The van der Waals surface area contributed by atoms with Crippen molar-refractivity contribution in [1.82, 2.24) is 14.9 Å². The van der Waals surface area contributed by atoms with Crippen molar-refractivity contribution in [3.8, 4) is 0 Å². The maximum atomic E-state index is 12.1. The van der Waals surface area contributed by atoms with E-state index in [0.717, 1.165) is 49.9 Å². The van der Waals surface area contributed by atoms with Gasteiger partial charge >= 0.3 is 0 Å². The van der Waals surface area contributed by atoms with Crippen LogP contribution in [0.4, 0.5) is 0 Å². The first kappa shape index (κ1) is 19.2. The predicted molar refractivity (Wildman–Crippen MR) is 111 cm³/mol. The molecule has 0 aliphatic rings. The Morgan fingerprint density at radius 2 is 1.81 bits per heavy atom. The van der Waals surface area contributed by atoms with Crippen LogP contribution in [0.15, 0.2) is 48.5 Å². The number of nitrogens with one attached hydrogen (secondary N) is 1. The normalized spacial score (nSPS) is 11.0. The zero-order chi connectivity index (χ0) is 19.1. The number of nitrogens with zero attached hydrogens (tertiary/aromatic N) is 2. The third-order valence-electron chi connectivity index (χ3n) is 5.06. The number of hydrogen-bond donors (Lipinski definition) is 1. The largest absolute Gasteiger partial charge is 0.356 e. The molecule has 0 spiro atoms. The van der Waals surface area contributed by atoms with Crippen LogP contribution >= 0.6 is 0 Å². The highest BCUT2D eigenvalue weighted by molar-refractivity contribution is 5.78. The van der Waals surface area contributed by atoms with E-state index in [1.165, 1.54) is 16.9 Å². The fourth-order valence-corrected chi connectivity index (χ4v) is 3.53. The number of carbonyl (C=O) groups excluding carboxylic acids is 1. The Kier molecular flexibility index (Phi) is 6.64. The molecule has 0 aliphatic carbocycles. The minimum Gasteiger partial charge on any atom is -0.356 e. The molecule has 1 N–H and O–H groups in total. The number of fused-ring (bicyclic) bond motifs is 1. The molecule has 0 radical (unpaired) electrons. The number of amides is 1. The van der Waals surface area contributed by atoms with E-state index < -0.39 is 0 Å². The minimum absolute atomic E-state index is 0.108. The SMILES string of the molecule is CCn1c(CCCCCNC(=O)Cc2ccccc2C)nc2ccccc21. The molecule has 0 bridgehead atoms. The average Bonchev–Trinajstić information content (AvgIpc) is 3.03. The van der Waals surface area contributed by atoms with Gasteiger partial charge in [0, 0.05) is 19.5 Å². The Balaban J connectivity index is 1.39. The third-order valence-corrected chi connectivity index (χ3v) is 5.06. The second kappa shape index (κ2) is 9.36. The molecule has 0 saturated carbocycles. The lowest BCUT2D eigenvalue weighted by Crippen LogP contribution is -2.26. The van der Waals surface area contributed by atoms with Gasteiger partial charge in [0.2, 0.25) is 5.91 Å². The lowest BCUT2D eigenvalue weighted by atomic mass is 10.1. The summed E-state index contributed by atoms with van der Waals surface area (Å²) in [5, 5.41) is 3.04. The Labute approximate surface area is 161 Å². The smallest absolute Gasteiger partial charge is 0.224 e. The van der Waals surface area contributed by atoms with Gasteiger partial charge in [-0.3, -0.25) is 4.79 Å². The summed E-state index contributed by atoms with van der Waals surface area (Å²) in [6, 6.07) is 16.4. The maximum absolute atomic E-state index is 12.1. The van der Waals surface area contributed by atoms with E-state index in [0.29, 0.717) is 6.42 Å². The van der Waals surface area contributed by atoms with Gasteiger partial charge in [0.15, 0.2) is 0 Å². The highest BCUT2D eigenvalue weighted by atomic mass is 16.1. The molecule has 0 saturated heterocycles. The number of para-hydroxylation sites is 2. The Hall–Kier alpha value is -2.62. The topological polar surface area (TPSA) is 46.9 Å². The second-order valence-electron chi connectivity index (χ2n) is 7.02.